The van der Waals surface area contributed by atoms with Gasteiger partial charge in [-0.25, -0.2) is 16.4 Å². The zero-order valence-corrected chi connectivity index (χ0v) is 15.8. The van der Waals surface area contributed by atoms with E-state index in [-0.39, 0.29) is 12.7 Å². The van der Waals surface area contributed by atoms with Crippen LogP contribution in [0.4, 0.5) is 4.79 Å². The van der Waals surface area contributed by atoms with Crippen LogP contribution < -0.4 is 4.74 Å². The monoisotopic (exact) mass is 372 g/mol. The number of fused-ring (bicyclic) bond motifs is 1. The van der Waals surface area contributed by atoms with Crippen molar-refractivity contribution in [1.29, 1.82) is 0 Å². The highest BCUT2D eigenvalue weighted by molar-refractivity contribution is 5.69. The van der Waals surface area contributed by atoms with E-state index in [9.17, 15) is 9.90 Å². The molecule has 0 radical (unpaired) electrons. The highest BCUT2D eigenvalue weighted by Crippen LogP contribution is 2.23. The Morgan fingerprint density at radius 2 is 2.15 bits per heavy atom. The summed E-state index contributed by atoms with van der Waals surface area (Å²) in [5, 5.41) is 9.26. The highest BCUT2D eigenvalue weighted by atomic mass is 16.6. The molecule has 1 aliphatic heterocycles. The van der Waals surface area contributed by atoms with Gasteiger partial charge in [-0.3, -0.25) is 4.85 Å². The van der Waals surface area contributed by atoms with Gasteiger partial charge in [0.1, 0.15) is 17.0 Å². The topological polar surface area (TPSA) is 80.7 Å². The number of aliphatic hydroxyl groups is 1. The fraction of sp³-hybridized carbons (Fsp3) is 0.526. The summed E-state index contributed by atoms with van der Waals surface area (Å²) in [6, 6.07) is 3.59. The fourth-order valence-corrected chi connectivity index (χ4v) is 2.89. The summed E-state index contributed by atoms with van der Waals surface area (Å²) >= 11 is 0. The molecule has 144 valence electrons. The molecule has 8 heteroatoms. The summed E-state index contributed by atoms with van der Waals surface area (Å²) in [7, 11) is 0. The number of aromatic nitrogens is 2. The molecule has 1 unspecified atom stereocenters. The van der Waals surface area contributed by atoms with Crippen LogP contribution in [0.25, 0.3) is 10.5 Å². The van der Waals surface area contributed by atoms with Gasteiger partial charge in [0.15, 0.2) is 6.61 Å². The van der Waals surface area contributed by atoms with Crippen LogP contribution in [-0.4, -0.2) is 57.0 Å². The van der Waals surface area contributed by atoms with Gasteiger partial charge in [0.05, 0.1) is 11.9 Å². The Bertz CT molecular complexity index is 859. The van der Waals surface area contributed by atoms with E-state index >= 15 is 0 Å². The molecule has 3 heterocycles. The van der Waals surface area contributed by atoms with Crippen LogP contribution in [0.1, 0.15) is 26.5 Å². The number of pyridine rings is 1. The van der Waals surface area contributed by atoms with Gasteiger partial charge in [0, 0.05) is 19.3 Å². The number of rotatable bonds is 5. The van der Waals surface area contributed by atoms with Gasteiger partial charge in [0.2, 0.25) is 0 Å². The van der Waals surface area contributed by atoms with Crippen molar-refractivity contribution >= 4 is 11.7 Å². The maximum absolute atomic E-state index is 12.0. The van der Waals surface area contributed by atoms with Crippen molar-refractivity contribution in [2.75, 3.05) is 19.7 Å². The van der Waals surface area contributed by atoms with E-state index in [4.69, 9.17) is 16.0 Å². The number of amides is 1. The summed E-state index contributed by atoms with van der Waals surface area (Å²) in [6.45, 7) is 13.6. The third-order valence-electron chi connectivity index (χ3n) is 4.13. The highest BCUT2D eigenvalue weighted by Gasteiger charge is 2.34. The molecule has 1 saturated heterocycles. The van der Waals surface area contributed by atoms with Crippen molar-refractivity contribution in [2.24, 2.45) is 5.92 Å². The van der Waals surface area contributed by atoms with E-state index in [0.717, 1.165) is 17.8 Å². The van der Waals surface area contributed by atoms with Gasteiger partial charge in [-0.15, -0.1) is 0 Å². The number of aliphatic hydroxyl groups excluding tert-OH is 1. The number of ether oxygens (including phenoxy) is 2. The molecule has 0 spiro atoms. The van der Waals surface area contributed by atoms with E-state index < -0.39 is 11.8 Å². The third kappa shape index (κ3) is 4.89. The first-order chi connectivity index (χ1) is 12.7. The molecule has 0 aliphatic carbocycles. The second kappa shape index (κ2) is 7.45. The van der Waals surface area contributed by atoms with Crippen molar-refractivity contribution < 1.29 is 19.4 Å². The van der Waals surface area contributed by atoms with Crippen LogP contribution in [0, 0.1) is 12.5 Å². The molecule has 1 atom stereocenters. The number of hydrogen-bond acceptors (Lipinski definition) is 5. The number of likely N-dealkylation sites (tertiary alicyclic amines) is 1. The minimum Gasteiger partial charge on any atom is -0.481 e. The molecule has 1 amide bonds. The second-order valence-electron chi connectivity index (χ2n) is 7.74. The minimum atomic E-state index is -1.16. The van der Waals surface area contributed by atoms with Crippen LogP contribution in [0.2, 0.25) is 0 Å². The molecule has 1 fully saturated rings. The molecule has 1 N–H and O–H groups in total. The van der Waals surface area contributed by atoms with Gasteiger partial charge in [-0.05, 0) is 45.2 Å². The van der Waals surface area contributed by atoms with Crippen LogP contribution in [0.3, 0.4) is 0 Å². The molecule has 1 aliphatic rings. The first-order valence-corrected chi connectivity index (χ1v) is 8.86. The molecular formula is C19H24N4O4. The maximum Gasteiger partial charge on any atom is 0.410 e. The van der Waals surface area contributed by atoms with Gasteiger partial charge < -0.3 is 23.9 Å². The molecule has 2 aromatic rings. The zero-order valence-electron chi connectivity index (χ0n) is 15.8. The summed E-state index contributed by atoms with van der Waals surface area (Å²) in [5.41, 5.74) is 1.27. The number of hydrogen-bond donors (Lipinski definition) is 1. The zero-order chi connectivity index (χ0) is 19.6. The molecule has 27 heavy (non-hydrogen) atoms. The van der Waals surface area contributed by atoms with Crippen molar-refractivity contribution in [1.82, 2.24) is 14.3 Å². The van der Waals surface area contributed by atoms with Gasteiger partial charge in [0.25, 0.3) is 0 Å². The third-order valence-corrected chi connectivity index (χ3v) is 4.13. The number of carbonyl (C=O) groups excluding carboxylic acids is 1. The SMILES string of the molecule is [C-]#[N+]C(O)COc1ccc2nc(CC3CN(C(=O)OC(C)(C)C)C3)cn2c1. The van der Waals surface area contributed by atoms with Crippen molar-refractivity contribution in [3.63, 3.8) is 0 Å². The lowest BCUT2D eigenvalue weighted by molar-refractivity contribution is -0.000992. The lowest BCUT2D eigenvalue weighted by Gasteiger charge is -2.39. The van der Waals surface area contributed by atoms with Crippen LogP contribution in [-0.2, 0) is 11.2 Å². The van der Waals surface area contributed by atoms with Gasteiger partial charge in [-0.1, -0.05) is 0 Å². The van der Waals surface area contributed by atoms with E-state index in [1.54, 1.807) is 17.2 Å². The fourth-order valence-electron chi connectivity index (χ4n) is 2.89. The smallest absolute Gasteiger partial charge is 0.410 e. The van der Waals surface area contributed by atoms with E-state index in [2.05, 4.69) is 9.83 Å². The maximum atomic E-state index is 12.0. The second-order valence-corrected chi connectivity index (χ2v) is 7.74. The molecule has 8 nitrogen and oxygen atoms in total. The predicted octanol–water partition coefficient (Wildman–Crippen LogP) is 2.36. The van der Waals surface area contributed by atoms with Crippen LogP contribution in [0.15, 0.2) is 24.5 Å². The average molecular weight is 372 g/mol. The number of imidazole rings is 1. The number of nitrogens with zero attached hydrogens (tertiary/aromatic N) is 4. The Morgan fingerprint density at radius 3 is 2.81 bits per heavy atom. The Hall–Kier alpha value is -2.79. The summed E-state index contributed by atoms with van der Waals surface area (Å²) in [5.74, 6) is 0.931. The molecule has 0 bridgehead atoms. The first-order valence-electron chi connectivity index (χ1n) is 8.86. The Balaban J connectivity index is 1.54. The van der Waals surface area contributed by atoms with E-state index in [1.165, 1.54) is 0 Å². The normalized spacial score (nSPS) is 15.9. The lowest BCUT2D eigenvalue weighted by atomic mass is 9.95. The predicted molar refractivity (Wildman–Crippen MR) is 98.3 cm³/mol. The van der Waals surface area contributed by atoms with E-state index in [1.807, 2.05) is 37.4 Å². The van der Waals surface area contributed by atoms with Gasteiger partial charge >= 0.3 is 12.3 Å². The van der Waals surface area contributed by atoms with Gasteiger partial charge in [-0.2, -0.15) is 0 Å². The summed E-state index contributed by atoms with van der Waals surface area (Å²) in [6.07, 6.45) is 3.07. The van der Waals surface area contributed by atoms with E-state index in [0.29, 0.717) is 24.8 Å². The Morgan fingerprint density at radius 1 is 1.41 bits per heavy atom. The Kier molecular flexibility index (Phi) is 5.24. The molecule has 0 aromatic carbocycles. The minimum absolute atomic E-state index is 0.0703. The molecule has 2 aromatic heterocycles. The summed E-state index contributed by atoms with van der Waals surface area (Å²) < 4.78 is 12.6. The van der Waals surface area contributed by atoms with Crippen LogP contribution in [0.5, 0.6) is 5.75 Å². The molecular weight excluding hydrogens is 348 g/mol. The number of carbonyl (C=O) groups is 1. The van der Waals surface area contributed by atoms with Crippen molar-refractivity contribution in [3.05, 3.63) is 41.6 Å². The lowest BCUT2D eigenvalue weighted by Crippen LogP contribution is -2.52. The standard InChI is InChI=1S/C19H24N4O4/c1-19(2,3)27-18(25)23-8-13(9-23)7-14-10-22-11-15(5-6-16(22)21-14)26-12-17(24)20-4/h5-6,10-11,13,17,24H,7-9,12H2,1-3H3. The summed E-state index contributed by atoms with van der Waals surface area (Å²) in [4.78, 5) is 21.3. The average Bonchev–Trinajstić information content (AvgIpc) is 2.95. The quantitative estimate of drug-likeness (QED) is 0.815. The van der Waals surface area contributed by atoms with Crippen molar-refractivity contribution in [3.8, 4) is 5.75 Å². The molecule has 0 saturated carbocycles. The van der Waals surface area contributed by atoms with Crippen LogP contribution >= 0.6 is 0 Å². The Labute approximate surface area is 158 Å². The first kappa shape index (κ1) is 19.0. The largest absolute Gasteiger partial charge is 0.481 e. The van der Waals surface area contributed by atoms with Crippen molar-refractivity contribution in [2.45, 2.75) is 39.0 Å². The molecule has 3 rings (SSSR count).